The van der Waals surface area contributed by atoms with Crippen LogP contribution in [0.3, 0.4) is 0 Å². The van der Waals surface area contributed by atoms with E-state index in [0.717, 1.165) is 25.4 Å². The largest absolute Gasteiger partial charge is 0.444 e. The van der Waals surface area contributed by atoms with Crippen LogP contribution in [-0.4, -0.2) is 42.8 Å². The van der Waals surface area contributed by atoms with Gasteiger partial charge in [0.2, 0.25) is 0 Å². The van der Waals surface area contributed by atoms with Crippen LogP contribution < -0.4 is 5.32 Å². The van der Waals surface area contributed by atoms with Crippen LogP contribution in [0.2, 0.25) is 0 Å². The maximum Gasteiger partial charge on any atom is 0.410 e. The first-order valence-corrected chi connectivity index (χ1v) is 7.79. The Morgan fingerprint density at radius 1 is 1.20 bits per heavy atom. The molecule has 0 rings (SSSR count). The summed E-state index contributed by atoms with van der Waals surface area (Å²) in [6.07, 6.45) is 3.16. The molecule has 0 aromatic carbocycles. The van der Waals surface area contributed by atoms with E-state index in [4.69, 9.17) is 4.74 Å². The first-order valence-electron chi connectivity index (χ1n) is 7.79. The van der Waals surface area contributed by atoms with Gasteiger partial charge in [-0.15, -0.1) is 0 Å². The van der Waals surface area contributed by atoms with Crippen molar-refractivity contribution in [3.63, 3.8) is 0 Å². The van der Waals surface area contributed by atoms with E-state index in [1.54, 1.807) is 11.9 Å². The SMILES string of the molecule is CC(C)CCC(C)NCCCN(C)C(=O)OC(C)(C)C. The average Bonchev–Trinajstić information content (AvgIpc) is 2.29. The highest BCUT2D eigenvalue weighted by Gasteiger charge is 2.19. The third kappa shape index (κ3) is 11.1. The summed E-state index contributed by atoms with van der Waals surface area (Å²) in [6.45, 7) is 14.0. The summed E-state index contributed by atoms with van der Waals surface area (Å²) in [4.78, 5) is 13.4. The van der Waals surface area contributed by atoms with E-state index in [0.29, 0.717) is 6.04 Å². The van der Waals surface area contributed by atoms with Gasteiger partial charge in [0.1, 0.15) is 5.60 Å². The highest BCUT2D eigenvalue weighted by atomic mass is 16.6. The number of carbonyl (C=O) groups excluding carboxylic acids is 1. The van der Waals surface area contributed by atoms with Gasteiger partial charge in [-0.05, 0) is 59.4 Å². The Balaban J connectivity index is 3.71. The molecule has 0 heterocycles. The molecule has 0 radical (unpaired) electrons. The standard InChI is InChI=1S/C16H34N2O2/c1-13(2)9-10-14(3)17-11-8-12-18(7)15(19)20-16(4,5)6/h13-14,17H,8-12H2,1-7H3. The lowest BCUT2D eigenvalue weighted by Crippen LogP contribution is -2.36. The molecule has 120 valence electrons. The summed E-state index contributed by atoms with van der Waals surface area (Å²) in [7, 11) is 1.79. The number of nitrogens with zero attached hydrogens (tertiary/aromatic N) is 1. The fraction of sp³-hybridized carbons (Fsp3) is 0.938. The van der Waals surface area contributed by atoms with Gasteiger partial charge in [-0.25, -0.2) is 4.79 Å². The molecule has 0 fully saturated rings. The zero-order valence-corrected chi connectivity index (χ0v) is 14.5. The maximum absolute atomic E-state index is 11.7. The van der Waals surface area contributed by atoms with Gasteiger partial charge in [0.25, 0.3) is 0 Å². The Kier molecular flexibility index (Phi) is 8.86. The van der Waals surface area contributed by atoms with Crippen molar-refractivity contribution in [2.75, 3.05) is 20.1 Å². The molecule has 0 aliphatic heterocycles. The molecule has 0 aliphatic carbocycles. The van der Waals surface area contributed by atoms with E-state index in [-0.39, 0.29) is 6.09 Å². The van der Waals surface area contributed by atoms with Crippen molar-refractivity contribution in [3.05, 3.63) is 0 Å². The second-order valence-electron chi connectivity index (χ2n) is 7.08. The van der Waals surface area contributed by atoms with E-state index in [9.17, 15) is 4.79 Å². The van der Waals surface area contributed by atoms with Crippen molar-refractivity contribution in [2.45, 2.75) is 72.4 Å². The molecule has 1 atom stereocenters. The summed E-state index contributed by atoms with van der Waals surface area (Å²) >= 11 is 0. The van der Waals surface area contributed by atoms with Gasteiger partial charge in [-0.2, -0.15) is 0 Å². The third-order valence-corrected chi connectivity index (χ3v) is 3.05. The van der Waals surface area contributed by atoms with Gasteiger partial charge in [0.15, 0.2) is 0 Å². The number of ether oxygens (including phenoxy) is 1. The summed E-state index contributed by atoms with van der Waals surface area (Å²) in [5.74, 6) is 0.762. The fourth-order valence-corrected chi connectivity index (χ4v) is 1.78. The van der Waals surface area contributed by atoms with Gasteiger partial charge in [-0.1, -0.05) is 13.8 Å². The zero-order chi connectivity index (χ0) is 15.8. The number of amides is 1. The van der Waals surface area contributed by atoms with Crippen molar-refractivity contribution in [1.82, 2.24) is 10.2 Å². The lowest BCUT2D eigenvalue weighted by molar-refractivity contribution is 0.0297. The predicted octanol–water partition coefficient (Wildman–Crippen LogP) is 3.66. The average molecular weight is 286 g/mol. The molecule has 0 saturated heterocycles. The maximum atomic E-state index is 11.7. The van der Waals surface area contributed by atoms with Crippen LogP contribution in [-0.2, 0) is 4.74 Å². The molecule has 0 aromatic rings. The van der Waals surface area contributed by atoms with Crippen molar-refractivity contribution in [3.8, 4) is 0 Å². The normalized spacial score (nSPS) is 13.4. The minimum Gasteiger partial charge on any atom is -0.444 e. The monoisotopic (exact) mass is 286 g/mol. The Labute approximate surface area is 125 Å². The number of carbonyl (C=O) groups is 1. The molecular weight excluding hydrogens is 252 g/mol. The van der Waals surface area contributed by atoms with Crippen LogP contribution in [0.1, 0.15) is 60.8 Å². The highest BCUT2D eigenvalue weighted by Crippen LogP contribution is 2.09. The molecule has 4 nitrogen and oxygen atoms in total. The molecule has 0 bridgehead atoms. The van der Waals surface area contributed by atoms with Crippen molar-refractivity contribution >= 4 is 6.09 Å². The molecule has 0 spiro atoms. The minimum atomic E-state index is -0.422. The zero-order valence-electron chi connectivity index (χ0n) is 14.5. The van der Waals surface area contributed by atoms with Crippen molar-refractivity contribution in [1.29, 1.82) is 0 Å². The van der Waals surface area contributed by atoms with Crippen molar-refractivity contribution in [2.24, 2.45) is 5.92 Å². The van der Waals surface area contributed by atoms with Crippen LogP contribution in [0.25, 0.3) is 0 Å². The van der Waals surface area contributed by atoms with E-state index in [2.05, 4.69) is 26.1 Å². The molecule has 4 heteroatoms. The van der Waals surface area contributed by atoms with E-state index in [1.165, 1.54) is 12.8 Å². The van der Waals surface area contributed by atoms with Gasteiger partial charge >= 0.3 is 6.09 Å². The van der Waals surface area contributed by atoms with Gasteiger partial charge in [-0.3, -0.25) is 0 Å². The first-order chi connectivity index (χ1) is 9.11. The Morgan fingerprint density at radius 2 is 1.80 bits per heavy atom. The van der Waals surface area contributed by atoms with Gasteiger partial charge < -0.3 is 15.0 Å². The second-order valence-corrected chi connectivity index (χ2v) is 7.08. The smallest absolute Gasteiger partial charge is 0.410 e. The van der Waals surface area contributed by atoms with Crippen LogP contribution in [0.4, 0.5) is 4.79 Å². The van der Waals surface area contributed by atoms with Crippen LogP contribution in [0.5, 0.6) is 0 Å². The third-order valence-electron chi connectivity index (χ3n) is 3.05. The molecule has 1 amide bonds. The van der Waals surface area contributed by atoms with E-state index in [1.807, 2.05) is 20.8 Å². The number of hydrogen-bond donors (Lipinski definition) is 1. The van der Waals surface area contributed by atoms with Gasteiger partial charge in [0, 0.05) is 19.6 Å². The predicted molar refractivity (Wildman–Crippen MR) is 85.0 cm³/mol. The molecule has 1 N–H and O–H groups in total. The summed E-state index contributed by atoms with van der Waals surface area (Å²) in [5.41, 5.74) is -0.422. The Morgan fingerprint density at radius 3 is 2.30 bits per heavy atom. The number of rotatable bonds is 8. The fourth-order valence-electron chi connectivity index (χ4n) is 1.78. The summed E-state index contributed by atoms with van der Waals surface area (Å²) in [6, 6.07) is 0.546. The number of nitrogens with one attached hydrogen (secondary N) is 1. The number of hydrogen-bond acceptors (Lipinski definition) is 3. The van der Waals surface area contributed by atoms with Crippen LogP contribution in [0.15, 0.2) is 0 Å². The van der Waals surface area contributed by atoms with Crippen molar-refractivity contribution < 1.29 is 9.53 Å². The summed E-state index contributed by atoms with van der Waals surface area (Å²) < 4.78 is 5.31. The Bertz CT molecular complexity index is 272. The molecule has 0 aliphatic rings. The van der Waals surface area contributed by atoms with E-state index < -0.39 is 5.60 Å². The second kappa shape index (κ2) is 9.22. The lowest BCUT2D eigenvalue weighted by Gasteiger charge is -2.24. The van der Waals surface area contributed by atoms with E-state index >= 15 is 0 Å². The lowest BCUT2D eigenvalue weighted by atomic mass is 10.0. The molecular formula is C16H34N2O2. The molecule has 0 saturated carbocycles. The molecule has 1 unspecified atom stereocenters. The van der Waals surface area contributed by atoms with Crippen LogP contribution >= 0.6 is 0 Å². The minimum absolute atomic E-state index is 0.245. The molecule has 0 aromatic heterocycles. The summed E-state index contributed by atoms with van der Waals surface area (Å²) in [5, 5.41) is 3.50. The molecule has 20 heavy (non-hydrogen) atoms. The van der Waals surface area contributed by atoms with Crippen LogP contribution in [0, 0.1) is 5.92 Å². The topological polar surface area (TPSA) is 41.6 Å². The Hall–Kier alpha value is -0.770. The first kappa shape index (κ1) is 19.2. The van der Waals surface area contributed by atoms with Gasteiger partial charge in [0.05, 0.1) is 0 Å². The highest BCUT2D eigenvalue weighted by molar-refractivity contribution is 5.67. The quantitative estimate of drug-likeness (QED) is 0.692.